The second kappa shape index (κ2) is 6.32. The quantitative estimate of drug-likeness (QED) is 0.484. The van der Waals surface area contributed by atoms with Gasteiger partial charge in [0.2, 0.25) is 0 Å². The first-order valence-electron chi connectivity index (χ1n) is 10.9. The van der Waals surface area contributed by atoms with Gasteiger partial charge in [0, 0.05) is 16.4 Å². The van der Waals surface area contributed by atoms with Crippen LogP contribution in [0.5, 0.6) is 5.75 Å². The zero-order chi connectivity index (χ0) is 22.2. The number of aromatic hydroxyl groups is 1. The predicted molar refractivity (Wildman–Crippen MR) is 122 cm³/mol. The molecule has 2 aliphatic heterocycles. The van der Waals surface area contributed by atoms with Gasteiger partial charge in [-0.25, -0.2) is 4.89 Å². The predicted octanol–water partition coefficient (Wildman–Crippen LogP) is 6.48. The third kappa shape index (κ3) is 2.47. The monoisotopic (exact) mass is 418 g/mol. The maximum atomic E-state index is 11.0. The van der Waals surface area contributed by atoms with Gasteiger partial charge in [-0.15, -0.1) is 0 Å². The lowest BCUT2D eigenvalue weighted by Crippen LogP contribution is -2.73. The molecule has 2 fully saturated rings. The van der Waals surface area contributed by atoms with Crippen LogP contribution in [0.1, 0.15) is 45.7 Å². The van der Waals surface area contributed by atoms with Gasteiger partial charge in [0.1, 0.15) is 5.75 Å². The number of benzene rings is 3. The minimum Gasteiger partial charge on any atom is -0.508 e. The van der Waals surface area contributed by atoms with Crippen LogP contribution in [0.25, 0.3) is 21.9 Å². The summed E-state index contributed by atoms with van der Waals surface area (Å²) in [6.07, 6.45) is 0. The highest BCUT2D eigenvalue weighted by Crippen LogP contribution is 2.69. The molecule has 0 radical (unpaired) electrons. The molecule has 4 nitrogen and oxygen atoms in total. The van der Waals surface area contributed by atoms with Gasteiger partial charge in [-0.3, -0.25) is 0 Å². The molecule has 2 aliphatic rings. The Morgan fingerprint density at radius 3 is 2.29 bits per heavy atom. The van der Waals surface area contributed by atoms with Crippen molar-refractivity contribution in [2.24, 2.45) is 10.8 Å². The van der Waals surface area contributed by atoms with Crippen LogP contribution in [-0.4, -0.2) is 17.3 Å². The van der Waals surface area contributed by atoms with Crippen LogP contribution in [0, 0.1) is 17.8 Å². The molecule has 1 N–H and O–H groups in total. The van der Waals surface area contributed by atoms with Crippen molar-refractivity contribution < 1.29 is 19.6 Å². The van der Waals surface area contributed by atoms with Crippen molar-refractivity contribution in [2.75, 3.05) is 6.61 Å². The molecule has 0 aliphatic carbocycles. The number of rotatable bonds is 2. The summed E-state index contributed by atoms with van der Waals surface area (Å²) < 4.78 is 6.39. The SMILES string of the molecule is Cc1c(O)cc(C23OCC(C)(C)C2(C(C)(C)C)OO3)cc1-c1cccc2ccccc12. The molecule has 31 heavy (non-hydrogen) atoms. The summed E-state index contributed by atoms with van der Waals surface area (Å²) in [5.41, 5.74) is 2.43. The van der Waals surface area contributed by atoms with Crippen LogP contribution in [0.3, 0.4) is 0 Å². The van der Waals surface area contributed by atoms with Gasteiger partial charge in [0.25, 0.3) is 5.79 Å². The van der Waals surface area contributed by atoms with Crippen LogP contribution < -0.4 is 0 Å². The molecule has 0 aromatic heterocycles. The first kappa shape index (κ1) is 20.5. The molecule has 3 aromatic rings. The highest BCUT2D eigenvalue weighted by molar-refractivity contribution is 5.97. The second-order valence-corrected chi connectivity index (χ2v) is 10.6. The smallest absolute Gasteiger partial charge is 0.261 e. The molecule has 5 rings (SSSR count). The van der Waals surface area contributed by atoms with Crippen molar-refractivity contribution in [1.82, 2.24) is 0 Å². The van der Waals surface area contributed by atoms with E-state index >= 15 is 0 Å². The van der Waals surface area contributed by atoms with Crippen LogP contribution in [-0.2, 0) is 20.3 Å². The van der Waals surface area contributed by atoms with Crippen LogP contribution in [0.15, 0.2) is 54.6 Å². The first-order chi connectivity index (χ1) is 14.5. The summed E-state index contributed by atoms with van der Waals surface area (Å²) >= 11 is 0. The van der Waals surface area contributed by atoms with Crippen molar-refractivity contribution in [3.05, 3.63) is 65.7 Å². The Bertz CT molecular complexity index is 1180. The molecule has 0 amide bonds. The average Bonchev–Trinajstić information content (AvgIpc) is 2.85. The Labute approximate surface area is 183 Å². The van der Waals surface area contributed by atoms with E-state index in [9.17, 15) is 5.11 Å². The standard InChI is InChI=1S/C27H30O4/c1-17-22(21-13-9-11-18-10-7-8-12-20(18)21)14-19(15-23(17)28)26-27(31-30-26,24(2,3)4)25(5,6)16-29-26/h7-15,28H,16H2,1-6H3. The lowest BCUT2D eigenvalue weighted by atomic mass is 9.57. The summed E-state index contributed by atoms with van der Waals surface area (Å²) in [5.74, 6) is -0.847. The fraction of sp³-hybridized carbons (Fsp3) is 0.407. The van der Waals surface area contributed by atoms with Gasteiger partial charge in [-0.2, -0.15) is 4.89 Å². The first-order valence-corrected chi connectivity index (χ1v) is 10.9. The van der Waals surface area contributed by atoms with E-state index < -0.39 is 11.4 Å². The molecule has 2 saturated heterocycles. The Morgan fingerprint density at radius 1 is 0.903 bits per heavy atom. The number of hydrogen-bond acceptors (Lipinski definition) is 4. The molecule has 2 unspecified atom stereocenters. The van der Waals surface area contributed by atoms with Crippen LogP contribution in [0.4, 0.5) is 0 Å². The molecule has 0 saturated carbocycles. The fourth-order valence-corrected chi connectivity index (χ4v) is 5.87. The maximum Gasteiger partial charge on any atom is 0.261 e. The zero-order valence-corrected chi connectivity index (χ0v) is 19.1. The number of phenolic OH excluding ortho intramolecular Hbond substituents is 1. The normalized spacial score (nSPS) is 27.2. The highest BCUT2D eigenvalue weighted by Gasteiger charge is 2.81. The van der Waals surface area contributed by atoms with Gasteiger partial charge < -0.3 is 9.84 Å². The highest BCUT2D eigenvalue weighted by atomic mass is 17.3. The lowest BCUT2D eigenvalue weighted by molar-refractivity contribution is -0.626. The summed E-state index contributed by atoms with van der Waals surface area (Å²) in [6.45, 7) is 13.2. The Kier molecular flexibility index (Phi) is 4.18. The molecule has 2 atom stereocenters. The molecule has 4 heteroatoms. The van der Waals surface area contributed by atoms with Gasteiger partial charge >= 0.3 is 0 Å². The Morgan fingerprint density at radius 2 is 1.61 bits per heavy atom. The lowest BCUT2D eigenvalue weighted by Gasteiger charge is -2.61. The van der Waals surface area contributed by atoms with Crippen LogP contribution in [0.2, 0.25) is 0 Å². The molecule has 162 valence electrons. The van der Waals surface area contributed by atoms with Crippen molar-refractivity contribution in [3.63, 3.8) is 0 Å². The van der Waals surface area contributed by atoms with Crippen molar-refractivity contribution in [3.8, 4) is 16.9 Å². The minimum absolute atomic E-state index is 0.224. The van der Waals surface area contributed by atoms with E-state index in [1.807, 2.05) is 19.1 Å². The number of fused-ring (bicyclic) bond motifs is 2. The van der Waals surface area contributed by atoms with E-state index in [4.69, 9.17) is 14.5 Å². The maximum absolute atomic E-state index is 11.0. The molecular weight excluding hydrogens is 388 g/mol. The molecule has 0 bridgehead atoms. The number of hydrogen-bond donors (Lipinski definition) is 1. The van der Waals surface area contributed by atoms with E-state index in [0.717, 1.165) is 33.0 Å². The largest absolute Gasteiger partial charge is 0.508 e. The third-order valence-corrected chi connectivity index (χ3v) is 7.23. The summed E-state index contributed by atoms with van der Waals surface area (Å²) in [6, 6.07) is 18.4. The zero-order valence-electron chi connectivity index (χ0n) is 19.1. The molecule has 2 heterocycles. The second-order valence-electron chi connectivity index (χ2n) is 10.6. The topological polar surface area (TPSA) is 47.9 Å². The van der Waals surface area contributed by atoms with Crippen molar-refractivity contribution in [2.45, 2.75) is 52.9 Å². The number of phenols is 1. The van der Waals surface area contributed by atoms with Gasteiger partial charge in [0.15, 0.2) is 5.60 Å². The van der Waals surface area contributed by atoms with Crippen molar-refractivity contribution >= 4 is 10.8 Å². The fourth-order valence-electron chi connectivity index (χ4n) is 5.87. The van der Waals surface area contributed by atoms with Gasteiger partial charge in [0.05, 0.1) is 6.61 Å². The van der Waals surface area contributed by atoms with E-state index in [0.29, 0.717) is 6.61 Å². The molecule has 0 spiro atoms. The Hall–Kier alpha value is -2.40. The Balaban J connectivity index is 1.76. The summed E-state index contributed by atoms with van der Waals surface area (Å²) in [5, 5.41) is 13.3. The molecular formula is C27H30O4. The summed E-state index contributed by atoms with van der Waals surface area (Å²) in [4.78, 5) is 11.8. The summed E-state index contributed by atoms with van der Waals surface area (Å²) in [7, 11) is 0. The van der Waals surface area contributed by atoms with E-state index in [1.54, 1.807) is 6.07 Å². The van der Waals surface area contributed by atoms with Crippen LogP contribution >= 0.6 is 0 Å². The third-order valence-electron chi connectivity index (χ3n) is 7.23. The van der Waals surface area contributed by atoms with Gasteiger partial charge in [-0.05, 0) is 46.5 Å². The number of ether oxygens (including phenoxy) is 1. The van der Waals surface area contributed by atoms with E-state index in [1.165, 1.54) is 0 Å². The average molecular weight is 419 g/mol. The molecule has 3 aromatic carbocycles. The van der Waals surface area contributed by atoms with Crippen molar-refractivity contribution in [1.29, 1.82) is 0 Å². The minimum atomic E-state index is -1.07. The van der Waals surface area contributed by atoms with Gasteiger partial charge in [-0.1, -0.05) is 77.1 Å². The van der Waals surface area contributed by atoms with E-state index in [2.05, 4.69) is 71.0 Å². The van der Waals surface area contributed by atoms with E-state index in [-0.39, 0.29) is 16.6 Å².